The Morgan fingerprint density at radius 1 is 1.25 bits per heavy atom. The summed E-state index contributed by atoms with van der Waals surface area (Å²) < 4.78 is 5.57. The molecule has 108 valence electrons. The number of aryl methyl sites for hydroxylation is 1. The van der Waals surface area contributed by atoms with Gasteiger partial charge in [-0.25, -0.2) is 0 Å². The van der Waals surface area contributed by atoms with Gasteiger partial charge in [0, 0.05) is 12.1 Å². The van der Waals surface area contributed by atoms with E-state index in [1.165, 1.54) is 5.56 Å². The standard InChI is InChI=1S/C16H21NO3/c1-11-2-6-15(7-3-11)20-10-16(19)17-12-4-5-13(17)9-14(18)8-12/h2-3,6-7,12-14,18H,4-5,8-10H2,1H3. The highest BCUT2D eigenvalue weighted by atomic mass is 16.5. The van der Waals surface area contributed by atoms with Crippen molar-refractivity contribution >= 4 is 5.91 Å². The number of hydrogen-bond acceptors (Lipinski definition) is 3. The van der Waals surface area contributed by atoms with E-state index < -0.39 is 0 Å². The van der Waals surface area contributed by atoms with Crippen LogP contribution in [0.25, 0.3) is 0 Å². The molecule has 0 saturated carbocycles. The predicted molar refractivity (Wildman–Crippen MR) is 75.6 cm³/mol. The molecule has 2 aliphatic rings. The quantitative estimate of drug-likeness (QED) is 0.916. The molecule has 4 heteroatoms. The number of piperidine rings is 1. The first-order valence-corrected chi connectivity index (χ1v) is 7.32. The number of ether oxygens (including phenoxy) is 1. The maximum Gasteiger partial charge on any atom is 0.261 e. The maximum atomic E-state index is 12.3. The van der Waals surface area contributed by atoms with Crippen molar-refractivity contribution in [3.8, 4) is 5.75 Å². The normalized spacial score (nSPS) is 28.5. The number of nitrogens with zero attached hydrogens (tertiary/aromatic N) is 1. The molecule has 2 atom stereocenters. The Morgan fingerprint density at radius 2 is 1.85 bits per heavy atom. The van der Waals surface area contributed by atoms with E-state index in [-0.39, 0.29) is 30.7 Å². The molecule has 2 bridgehead atoms. The van der Waals surface area contributed by atoms with Gasteiger partial charge >= 0.3 is 0 Å². The lowest BCUT2D eigenvalue weighted by Gasteiger charge is -2.37. The number of amides is 1. The summed E-state index contributed by atoms with van der Waals surface area (Å²) in [6.45, 7) is 2.11. The van der Waals surface area contributed by atoms with Gasteiger partial charge in [0.2, 0.25) is 0 Å². The summed E-state index contributed by atoms with van der Waals surface area (Å²) in [4.78, 5) is 14.3. The zero-order valence-corrected chi connectivity index (χ0v) is 11.8. The van der Waals surface area contributed by atoms with Crippen LogP contribution in [0.5, 0.6) is 5.75 Å². The highest BCUT2D eigenvalue weighted by Crippen LogP contribution is 2.35. The van der Waals surface area contributed by atoms with Crippen LogP contribution >= 0.6 is 0 Å². The Bertz CT molecular complexity index is 471. The molecule has 0 aromatic heterocycles. The van der Waals surface area contributed by atoms with E-state index in [0.717, 1.165) is 18.6 Å². The summed E-state index contributed by atoms with van der Waals surface area (Å²) in [5.41, 5.74) is 1.17. The number of fused-ring (bicyclic) bond motifs is 2. The molecule has 0 spiro atoms. The zero-order chi connectivity index (χ0) is 14.1. The van der Waals surface area contributed by atoms with E-state index in [4.69, 9.17) is 4.74 Å². The maximum absolute atomic E-state index is 12.3. The summed E-state index contributed by atoms with van der Waals surface area (Å²) in [6, 6.07) is 8.13. The molecular weight excluding hydrogens is 254 g/mol. The van der Waals surface area contributed by atoms with Crippen molar-refractivity contribution < 1.29 is 14.6 Å². The summed E-state index contributed by atoms with van der Waals surface area (Å²) >= 11 is 0. The van der Waals surface area contributed by atoms with Crippen molar-refractivity contribution in [3.63, 3.8) is 0 Å². The van der Waals surface area contributed by atoms with E-state index in [0.29, 0.717) is 12.8 Å². The monoisotopic (exact) mass is 275 g/mol. The third kappa shape index (κ3) is 2.66. The van der Waals surface area contributed by atoms with Crippen LogP contribution in [0.4, 0.5) is 0 Å². The van der Waals surface area contributed by atoms with Crippen molar-refractivity contribution in [3.05, 3.63) is 29.8 Å². The van der Waals surface area contributed by atoms with Crippen LogP contribution in [-0.4, -0.2) is 40.7 Å². The van der Waals surface area contributed by atoms with Gasteiger partial charge in [0.15, 0.2) is 6.61 Å². The van der Waals surface area contributed by atoms with Crippen molar-refractivity contribution in [1.82, 2.24) is 4.90 Å². The smallest absolute Gasteiger partial charge is 0.261 e. The summed E-state index contributed by atoms with van der Waals surface area (Å²) in [7, 11) is 0. The SMILES string of the molecule is Cc1ccc(OCC(=O)N2C3CCC2CC(O)C3)cc1. The second kappa shape index (κ2) is 5.44. The van der Waals surface area contributed by atoms with Crippen molar-refractivity contribution in [2.24, 2.45) is 0 Å². The van der Waals surface area contributed by atoms with Gasteiger partial charge in [-0.05, 0) is 44.7 Å². The first kappa shape index (κ1) is 13.4. The summed E-state index contributed by atoms with van der Waals surface area (Å²) in [5.74, 6) is 0.776. The second-order valence-electron chi connectivity index (χ2n) is 5.91. The Morgan fingerprint density at radius 3 is 2.45 bits per heavy atom. The Balaban J connectivity index is 1.58. The van der Waals surface area contributed by atoms with Gasteiger partial charge in [-0.15, -0.1) is 0 Å². The minimum atomic E-state index is -0.241. The number of aliphatic hydroxyl groups is 1. The van der Waals surface area contributed by atoms with Gasteiger partial charge in [0.1, 0.15) is 5.75 Å². The predicted octanol–water partition coefficient (Wildman–Crippen LogP) is 1.89. The van der Waals surface area contributed by atoms with Gasteiger partial charge in [0.05, 0.1) is 6.10 Å². The van der Waals surface area contributed by atoms with Gasteiger partial charge in [-0.2, -0.15) is 0 Å². The Kier molecular flexibility index (Phi) is 3.66. The number of hydrogen-bond donors (Lipinski definition) is 1. The fraction of sp³-hybridized carbons (Fsp3) is 0.562. The molecule has 20 heavy (non-hydrogen) atoms. The summed E-state index contributed by atoms with van der Waals surface area (Å²) in [6.07, 6.45) is 3.21. The molecule has 2 heterocycles. The fourth-order valence-electron chi connectivity index (χ4n) is 3.41. The number of rotatable bonds is 3. The van der Waals surface area contributed by atoms with E-state index in [1.54, 1.807) is 0 Å². The molecule has 0 radical (unpaired) electrons. The van der Waals surface area contributed by atoms with Crippen LogP contribution in [0.15, 0.2) is 24.3 Å². The molecule has 2 aliphatic heterocycles. The minimum absolute atomic E-state index is 0.0463. The Labute approximate surface area is 119 Å². The third-order valence-electron chi connectivity index (χ3n) is 4.38. The molecule has 2 unspecified atom stereocenters. The van der Waals surface area contributed by atoms with Gasteiger partial charge < -0.3 is 14.7 Å². The minimum Gasteiger partial charge on any atom is -0.484 e. The van der Waals surface area contributed by atoms with Crippen LogP contribution in [0.2, 0.25) is 0 Å². The van der Waals surface area contributed by atoms with Crippen LogP contribution < -0.4 is 4.74 Å². The largest absolute Gasteiger partial charge is 0.484 e. The lowest BCUT2D eigenvalue weighted by atomic mass is 10.00. The van der Waals surface area contributed by atoms with E-state index in [2.05, 4.69) is 0 Å². The molecule has 0 aliphatic carbocycles. The van der Waals surface area contributed by atoms with E-state index >= 15 is 0 Å². The molecule has 1 N–H and O–H groups in total. The molecule has 1 aromatic carbocycles. The molecule has 4 nitrogen and oxygen atoms in total. The molecule has 1 amide bonds. The third-order valence-corrected chi connectivity index (χ3v) is 4.38. The van der Waals surface area contributed by atoms with Crippen LogP contribution in [0.1, 0.15) is 31.2 Å². The number of benzene rings is 1. The first-order chi connectivity index (χ1) is 9.63. The molecule has 1 aromatic rings. The van der Waals surface area contributed by atoms with Gasteiger partial charge in [-0.3, -0.25) is 4.79 Å². The topological polar surface area (TPSA) is 49.8 Å². The lowest BCUT2D eigenvalue weighted by Crippen LogP contribution is -2.49. The second-order valence-corrected chi connectivity index (χ2v) is 5.91. The fourth-order valence-corrected chi connectivity index (χ4v) is 3.41. The lowest BCUT2D eigenvalue weighted by molar-refractivity contribution is -0.139. The highest BCUT2D eigenvalue weighted by molar-refractivity contribution is 5.79. The summed E-state index contributed by atoms with van der Waals surface area (Å²) in [5, 5.41) is 9.75. The number of carbonyl (C=O) groups is 1. The number of carbonyl (C=O) groups excluding carboxylic acids is 1. The number of aliphatic hydroxyl groups excluding tert-OH is 1. The van der Waals surface area contributed by atoms with Crippen LogP contribution in [-0.2, 0) is 4.79 Å². The molecule has 2 fully saturated rings. The van der Waals surface area contributed by atoms with Crippen molar-refractivity contribution in [2.75, 3.05) is 6.61 Å². The highest BCUT2D eigenvalue weighted by Gasteiger charge is 2.42. The van der Waals surface area contributed by atoms with Gasteiger partial charge in [0.25, 0.3) is 5.91 Å². The first-order valence-electron chi connectivity index (χ1n) is 7.32. The Hall–Kier alpha value is -1.55. The molecular formula is C16H21NO3. The van der Waals surface area contributed by atoms with Crippen LogP contribution in [0, 0.1) is 6.92 Å². The van der Waals surface area contributed by atoms with Crippen LogP contribution in [0.3, 0.4) is 0 Å². The molecule has 3 rings (SSSR count). The van der Waals surface area contributed by atoms with E-state index in [9.17, 15) is 9.90 Å². The zero-order valence-electron chi connectivity index (χ0n) is 11.8. The molecule has 2 saturated heterocycles. The van der Waals surface area contributed by atoms with E-state index in [1.807, 2.05) is 36.1 Å². The van der Waals surface area contributed by atoms with Gasteiger partial charge in [-0.1, -0.05) is 17.7 Å². The van der Waals surface area contributed by atoms with Crippen molar-refractivity contribution in [1.29, 1.82) is 0 Å². The average molecular weight is 275 g/mol. The average Bonchev–Trinajstić information content (AvgIpc) is 2.70. The van der Waals surface area contributed by atoms with Crippen molar-refractivity contribution in [2.45, 2.75) is 50.8 Å².